The van der Waals surface area contributed by atoms with Crippen LogP contribution in [0.15, 0.2) is 48.5 Å². The van der Waals surface area contributed by atoms with Crippen LogP contribution in [0.1, 0.15) is 12.0 Å². The third-order valence-corrected chi connectivity index (χ3v) is 4.58. The molecule has 0 unspecified atom stereocenters. The number of anilines is 1. The monoisotopic (exact) mass is 372 g/mol. The highest BCUT2D eigenvalue weighted by atomic mass is 35.5. The zero-order valence-electron chi connectivity index (χ0n) is 14.6. The first-order valence-corrected chi connectivity index (χ1v) is 8.94. The Balaban J connectivity index is 1.45. The number of rotatable bonds is 6. The summed E-state index contributed by atoms with van der Waals surface area (Å²) in [6.45, 7) is 3.15. The van der Waals surface area contributed by atoms with Gasteiger partial charge in [-0.1, -0.05) is 29.3 Å². The normalized spacial score (nSPS) is 16.6. The second-order valence-corrected chi connectivity index (χ2v) is 6.77. The van der Waals surface area contributed by atoms with Crippen LogP contribution in [0.25, 0.3) is 0 Å². The molecule has 1 aliphatic heterocycles. The molecule has 0 aliphatic carbocycles. The van der Waals surface area contributed by atoms with E-state index < -0.39 is 0 Å². The maximum absolute atomic E-state index is 12.3. The van der Waals surface area contributed by atoms with Crippen molar-refractivity contribution >= 4 is 29.1 Å². The molecule has 136 valence electrons. The van der Waals surface area contributed by atoms with E-state index in [0.29, 0.717) is 30.5 Å². The van der Waals surface area contributed by atoms with E-state index in [2.05, 4.69) is 5.32 Å². The van der Waals surface area contributed by atoms with Gasteiger partial charge in [0.15, 0.2) is 0 Å². The number of halogens is 1. The molecule has 1 fully saturated rings. The Morgan fingerprint density at radius 3 is 2.58 bits per heavy atom. The Labute approximate surface area is 157 Å². The summed E-state index contributed by atoms with van der Waals surface area (Å²) in [7, 11) is 0. The molecule has 0 saturated carbocycles. The van der Waals surface area contributed by atoms with Gasteiger partial charge >= 0.3 is 0 Å². The van der Waals surface area contributed by atoms with Gasteiger partial charge in [0.25, 0.3) is 0 Å². The van der Waals surface area contributed by atoms with Crippen LogP contribution in [0.3, 0.4) is 0 Å². The first-order chi connectivity index (χ1) is 12.5. The minimum absolute atomic E-state index is 0.0218. The summed E-state index contributed by atoms with van der Waals surface area (Å²) in [5.41, 5.74) is 1.97. The smallest absolute Gasteiger partial charge is 0.227 e. The summed E-state index contributed by atoms with van der Waals surface area (Å²) in [5.74, 6) is 0.226. The fraction of sp³-hybridized carbons (Fsp3) is 0.300. The SMILES string of the molecule is Cc1ccc(N2C[C@H](C(=O)NCCOc3ccc(Cl)cc3)CC2=O)cc1. The number of carbonyl (C=O) groups is 2. The first kappa shape index (κ1) is 18.3. The van der Waals surface area contributed by atoms with Gasteiger partial charge in [-0.2, -0.15) is 0 Å². The van der Waals surface area contributed by atoms with Crippen LogP contribution in [0.4, 0.5) is 5.69 Å². The lowest BCUT2D eigenvalue weighted by atomic mass is 10.1. The zero-order valence-corrected chi connectivity index (χ0v) is 15.3. The number of ether oxygens (including phenoxy) is 1. The van der Waals surface area contributed by atoms with E-state index in [-0.39, 0.29) is 24.2 Å². The van der Waals surface area contributed by atoms with E-state index in [4.69, 9.17) is 16.3 Å². The van der Waals surface area contributed by atoms with Gasteiger partial charge in [0.05, 0.1) is 12.5 Å². The number of nitrogens with zero attached hydrogens (tertiary/aromatic N) is 1. The number of hydrogen-bond donors (Lipinski definition) is 1. The number of amides is 2. The molecule has 1 aliphatic rings. The fourth-order valence-electron chi connectivity index (χ4n) is 2.88. The molecule has 0 bridgehead atoms. The Morgan fingerprint density at radius 1 is 1.19 bits per heavy atom. The Kier molecular flexibility index (Phi) is 5.78. The van der Waals surface area contributed by atoms with Crippen LogP contribution in [-0.2, 0) is 9.59 Å². The molecule has 2 aromatic carbocycles. The largest absolute Gasteiger partial charge is 0.492 e. The molecule has 0 aromatic heterocycles. The maximum Gasteiger partial charge on any atom is 0.227 e. The highest BCUT2D eigenvalue weighted by Crippen LogP contribution is 2.25. The molecule has 0 radical (unpaired) electrons. The molecule has 26 heavy (non-hydrogen) atoms. The van der Waals surface area contributed by atoms with Crippen LogP contribution in [0.5, 0.6) is 5.75 Å². The molecule has 2 aromatic rings. The molecule has 0 spiro atoms. The van der Waals surface area contributed by atoms with E-state index in [9.17, 15) is 9.59 Å². The van der Waals surface area contributed by atoms with E-state index in [1.807, 2.05) is 31.2 Å². The Morgan fingerprint density at radius 2 is 1.88 bits per heavy atom. The number of aryl methyl sites for hydroxylation is 1. The minimum atomic E-state index is -0.334. The Bertz CT molecular complexity index is 775. The summed E-state index contributed by atoms with van der Waals surface area (Å²) in [5, 5.41) is 3.49. The van der Waals surface area contributed by atoms with Crippen LogP contribution in [0.2, 0.25) is 5.02 Å². The van der Waals surface area contributed by atoms with Crippen LogP contribution in [-0.4, -0.2) is 31.5 Å². The zero-order chi connectivity index (χ0) is 18.5. The summed E-state index contributed by atoms with van der Waals surface area (Å²) in [6.07, 6.45) is 0.234. The summed E-state index contributed by atoms with van der Waals surface area (Å²) >= 11 is 5.82. The lowest BCUT2D eigenvalue weighted by Gasteiger charge is -2.17. The molecule has 1 N–H and O–H groups in total. The second kappa shape index (κ2) is 8.23. The van der Waals surface area contributed by atoms with Crippen molar-refractivity contribution in [2.75, 3.05) is 24.6 Å². The van der Waals surface area contributed by atoms with Crippen molar-refractivity contribution in [1.29, 1.82) is 0 Å². The van der Waals surface area contributed by atoms with Gasteiger partial charge in [0, 0.05) is 23.7 Å². The van der Waals surface area contributed by atoms with E-state index in [1.54, 1.807) is 29.2 Å². The minimum Gasteiger partial charge on any atom is -0.492 e. The Hall–Kier alpha value is -2.53. The van der Waals surface area contributed by atoms with Crippen molar-refractivity contribution in [2.24, 2.45) is 5.92 Å². The lowest BCUT2D eigenvalue weighted by molar-refractivity contribution is -0.126. The van der Waals surface area contributed by atoms with Crippen molar-refractivity contribution in [1.82, 2.24) is 5.32 Å². The third-order valence-electron chi connectivity index (χ3n) is 4.33. The second-order valence-electron chi connectivity index (χ2n) is 6.33. The van der Waals surface area contributed by atoms with Crippen LogP contribution >= 0.6 is 11.6 Å². The van der Waals surface area contributed by atoms with Gasteiger partial charge in [0.2, 0.25) is 11.8 Å². The van der Waals surface area contributed by atoms with Crippen molar-refractivity contribution in [3.8, 4) is 5.75 Å². The topological polar surface area (TPSA) is 58.6 Å². The molecule has 1 saturated heterocycles. The third kappa shape index (κ3) is 4.55. The number of benzene rings is 2. The van der Waals surface area contributed by atoms with Gasteiger partial charge in [-0.25, -0.2) is 0 Å². The standard InChI is InChI=1S/C20H21ClN2O3/c1-14-2-6-17(7-3-14)23-13-15(12-19(23)24)20(25)22-10-11-26-18-8-4-16(21)5-9-18/h2-9,15H,10-13H2,1H3,(H,22,25)/t15-/m1/s1. The van der Waals surface area contributed by atoms with Gasteiger partial charge < -0.3 is 15.0 Å². The fourth-order valence-corrected chi connectivity index (χ4v) is 3.00. The summed E-state index contributed by atoms with van der Waals surface area (Å²) in [4.78, 5) is 26.2. The average molecular weight is 373 g/mol. The first-order valence-electron chi connectivity index (χ1n) is 8.56. The molecule has 1 heterocycles. The quantitative estimate of drug-likeness (QED) is 0.792. The van der Waals surface area contributed by atoms with E-state index in [0.717, 1.165) is 11.3 Å². The van der Waals surface area contributed by atoms with Gasteiger partial charge in [-0.05, 0) is 43.3 Å². The maximum atomic E-state index is 12.3. The van der Waals surface area contributed by atoms with Gasteiger partial charge in [-0.15, -0.1) is 0 Å². The van der Waals surface area contributed by atoms with Crippen LogP contribution in [0, 0.1) is 12.8 Å². The molecule has 3 rings (SSSR count). The summed E-state index contributed by atoms with van der Waals surface area (Å²) < 4.78 is 5.55. The number of nitrogens with one attached hydrogen (secondary N) is 1. The molecular weight excluding hydrogens is 352 g/mol. The number of hydrogen-bond acceptors (Lipinski definition) is 3. The lowest BCUT2D eigenvalue weighted by Crippen LogP contribution is -2.35. The highest BCUT2D eigenvalue weighted by molar-refractivity contribution is 6.30. The molecular formula is C20H21ClN2O3. The van der Waals surface area contributed by atoms with Crippen molar-refractivity contribution in [3.63, 3.8) is 0 Å². The number of carbonyl (C=O) groups excluding carboxylic acids is 2. The van der Waals surface area contributed by atoms with Crippen LogP contribution < -0.4 is 15.0 Å². The van der Waals surface area contributed by atoms with Crippen molar-refractivity contribution < 1.29 is 14.3 Å². The van der Waals surface area contributed by atoms with Crippen molar-refractivity contribution in [2.45, 2.75) is 13.3 Å². The molecule has 1 atom stereocenters. The summed E-state index contributed by atoms with van der Waals surface area (Å²) in [6, 6.07) is 14.8. The van der Waals surface area contributed by atoms with Gasteiger partial charge in [0.1, 0.15) is 12.4 Å². The van der Waals surface area contributed by atoms with E-state index in [1.165, 1.54) is 0 Å². The average Bonchev–Trinajstić information content (AvgIpc) is 3.02. The van der Waals surface area contributed by atoms with Crippen molar-refractivity contribution in [3.05, 3.63) is 59.1 Å². The molecule has 5 nitrogen and oxygen atoms in total. The predicted molar refractivity (Wildman–Crippen MR) is 102 cm³/mol. The molecule has 6 heteroatoms. The van der Waals surface area contributed by atoms with Gasteiger partial charge in [-0.3, -0.25) is 9.59 Å². The van der Waals surface area contributed by atoms with E-state index >= 15 is 0 Å². The predicted octanol–water partition coefficient (Wildman–Crippen LogP) is 3.20. The molecule has 2 amide bonds. The highest BCUT2D eigenvalue weighted by Gasteiger charge is 2.34.